The molecule has 2 rings (SSSR count). The molecule has 0 saturated heterocycles. The lowest BCUT2D eigenvalue weighted by molar-refractivity contribution is 0.561. The van der Waals surface area contributed by atoms with Crippen LogP contribution in [0.25, 0.3) is 0 Å². The first kappa shape index (κ1) is 10.3. The molecular formula is C10H12ClN3O. The molecule has 0 bridgehead atoms. The fourth-order valence-electron chi connectivity index (χ4n) is 1.53. The van der Waals surface area contributed by atoms with Crippen LogP contribution < -0.4 is 5.73 Å². The van der Waals surface area contributed by atoms with Crippen LogP contribution in [0, 0.1) is 0 Å². The largest absolute Gasteiger partial charge is 0.453 e. The van der Waals surface area contributed by atoms with Crippen molar-refractivity contribution < 1.29 is 4.42 Å². The predicted octanol–water partition coefficient (Wildman–Crippen LogP) is 2.20. The van der Waals surface area contributed by atoms with Crippen LogP contribution in [0.5, 0.6) is 0 Å². The van der Waals surface area contributed by atoms with E-state index in [0.29, 0.717) is 5.22 Å². The standard InChI is InChI=1S/C10H12ClN3O/c1-2-14-5-4-13-10(14)8(12)7-3-6-15-9(7)11/h3-6,8H,2,12H2,1H3. The molecule has 5 heteroatoms. The van der Waals surface area contributed by atoms with Gasteiger partial charge in [-0.25, -0.2) is 4.98 Å². The molecule has 0 saturated carbocycles. The Morgan fingerprint density at radius 1 is 1.67 bits per heavy atom. The number of aromatic nitrogens is 2. The zero-order valence-corrected chi connectivity index (χ0v) is 9.11. The van der Waals surface area contributed by atoms with E-state index in [-0.39, 0.29) is 6.04 Å². The lowest BCUT2D eigenvalue weighted by atomic mass is 10.1. The number of hydrogen-bond donors (Lipinski definition) is 1. The molecule has 0 amide bonds. The van der Waals surface area contributed by atoms with Crippen LogP contribution in [-0.4, -0.2) is 9.55 Å². The van der Waals surface area contributed by atoms with E-state index in [1.807, 2.05) is 17.7 Å². The van der Waals surface area contributed by atoms with E-state index in [0.717, 1.165) is 17.9 Å². The van der Waals surface area contributed by atoms with Gasteiger partial charge in [0.25, 0.3) is 0 Å². The van der Waals surface area contributed by atoms with E-state index in [2.05, 4.69) is 4.98 Å². The smallest absolute Gasteiger partial charge is 0.198 e. The molecule has 0 fully saturated rings. The van der Waals surface area contributed by atoms with Crippen LogP contribution in [0.15, 0.2) is 29.1 Å². The van der Waals surface area contributed by atoms with E-state index in [9.17, 15) is 0 Å². The minimum absolute atomic E-state index is 0.327. The maximum Gasteiger partial charge on any atom is 0.198 e. The summed E-state index contributed by atoms with van der Waals surface area (Å²) in [6, 6.07) is 1.42. The number of rotatable bonds is 3. The highest BCUT2D eigenvalue weighted by Crippen LogP contribution is 2.26. The number of nitrogens with zero attached hydrogens (tertiary/aromatic N) is 2. The first-order valence-corrected chi connectivity index (χ1v) is 5.11. The monoisotopic (exact) mass is 225 g/mol. The first-order chi connectivity index (χ1) is 7.24. The minimum atomic E-state index is -0.341. The molecule has 15 heavy (non-hydrogen) atoms. The van der Waals surface area contributed by atoms with Gasteiger partial charge in [-0.1, -0.05) is 0 Å². The van der Waals surface area contributed by atoms with Gasteiger partial charge in [0.1, 0.15) is 5.82 Å². The van der Waals surface area contributed by atoms with E-state index in [1.54, 1.807) is 12.3 Å². The topological polar surface area (TPSA) is 57.0 Å². The quantitative estimate of drug-likeness (QED) is 0.871. The van der Waals surface area contributed by atoms with Crippen molar-refractivity contribution in [2.24, 2.45) is 5.73 Å². The van der Waals surface area contributed by atoms with Crippen LogP contribution >= 0.6 is 11.6 Å². The second-order valence-electron chi connectivity index (χ2n) is 3.20. The summed E-state index contributed by atoms with van der Waals surface area (Å²) < 4.78 is 6.99. The predicted molar refractivity (Wildman–Crippen MR) is 57.6 cm³/mol. The number of furan rings is 1. The maximum atomic E-state index is 6.05. The fourth-order valence-corrected chi connectivity index (χ4v) is 1.76. The van der Waals surface area contributed by atoms with Crippen molar-refractivity contribution in [3.05, 3.63) is 41.3 Å². The van der Waals surface area contributed by atoms with E-state index < -0.39 is 0 Å². The van der Waals surface area contributed by atoms with Gasteiger partial charge in [0, 0.05) is 24.5 Å². The molecule has 0 aliphatic carbocycles. The van der Waals surface area contributed by atoms with Crippen LogP contribution in [0.4, 0.5) is 0 Å². The summed E-state index contributed by atoms with van der Waals surface area (Å²) in [5, 5.41) is 0.327. The van der Waals surface area contributed by atoms with Crippen LogP contribution in [-0.2, 0) is 6.54 Å². The van der Waals surface area contributed by atoms with E-state index in [1.165, 1.54) is 6.26 Å². The summed E-state index contributed by atoms with van der Waals surface area (Å²) in [5.74, 6) is 0.792. The molecule has 2 heterocycles. The first-order valence-electron chi connectivity index (χ1n) is 4.73. The van der Waals surface area contributed by atoms with Gasteiger partial charge in [-0.2, -0.15) is 0 Å². The average Bonchev–Trinajstić information content (AvgIpc) is 2.84. The van der Waals surface area contributed by atoms with Crippen molar-refractivity contribution in [3.63, 3.8) is 0 Å². The molecule has 1 atom stereocenters. The summed E-state index contributed by atoms with van der Waals surface area (Å²) in [6.07, 6.45) is 5.15. The SMILES string of the molecule is CCn1ccnc1C(N)c1ccoc1Cl. The number of nitrogens with two attached hydrogens (primary N) is 1. The van der Waals surface area contributed by atoms with Gasteiger partial charge >= 0.3 is 0 Å². The maximum absolute atomic E-state index is 6.05. The molecule has 2 aromatic heterocycles. The number of aryl methyl sites for hydroxylation is 1. The lowest BCUT2D eigenvalue weighted by Crippen LogP contribution is -2.17. The Labute approximate surface area is 92.7 Å². The molecule has 0 aliphatic rings. The summed E-state index contributed by atoms with van der Waals surface area (Å²) in [6.45, 7) is 2.87. The molecular weight excluding hydrogens is 214 g/mol. The van der Waals surface area contributed by atoms with Gasteiger partial charge in [0.2, 0.25) is 0 Å². The average molecular weight is 226 g/mol. The Kier molecular flexibility index (Phi) is 2.79. The third kappa shape index (κ3) is 1.78. The summed E-state index contributed by atoms with van der Waals surface area (Å²) in [4.78, 5) is 4.22. The highest BCUT2D eigenvalue weighted by molar-refractivity contribution is 6.29. The highest BCUT2D eigenvalue weighted by atomic mass is 35.5. The van der Waals surface area contributed by atoms with Crippen molar-refractivity contribution >= 4 is 11.6 Å². The van der Waals surface area contributed by atoms with E-state index in [4.69, 9.17) is 21.8 Å². The third-order valence-corrected chi connectivity index (χ3v) is 2.65. The molecule has 2 aromatic rings. The Hall–Kier alpha value is -1.26. The van der Waals surface area contributed by atoms with Crippen LogP contribution in [0.2, 0.25) is 5.22 Å². The Bertz CT molecular complexity index is 449. The summed E-state index contributed by atoms with van der Waals surface area (Å²) in [5.41, 5.74) is 6.82. The van der Waals surface area contributed by atoms with Crippen molar-refractivity contribution in [1.82, 2.24) is 9.55 Å². The molecule has 80 valence electrons. The minimum Gasteiger partial charge on any atom is -0.453 e. The van der Waals surface area contributed by atoms with Gasteiger partial charge in [-0.3, -0.25) is 0 Å². The van der Waals surface area contributed by atoms with Gasteiger partial charge in [-0.05, 0) is 24.6 Å². The number of hydrogen-bond acceptors (Lipinski definition) is 3. The van der Waals surface area contributed by atoms with Crippen LogP contribution in [0.3, 0.4) is 0 Å². The lowest BCUT2D eigenvalue weighted by Gasteiger charge is -2.11. The van der Waals surface area contributed by atoms with Gasteiger partial charge in [0.15, 0.2) is 5.22 Å². The Balaban J connectivity index is 2.36. The van der Waals surface area contributed by atoms with Crippen molar-refractivity contribution in [2.45, 2.75) is 19.5 Å². The number of halogens is 1. The molecule has 0 aliphatic heterocycles. The molecule has 0 aromatic carbocycles. The van der Waals surface area contributed by atoms with Crippen molar-refractivity contribution in [3.8, 4) is 0 Å². The van der Waals surface area contributed by atoms with Gasteiger partial charge in [0.05, 0.1) is 12.3 Å². The Morgan fingerprint density at radius 3 is 3.07 bits per heavy atom. The molecule has 0 radical (unpaired) electrons. The second-order valence-corrected chi connectivity index (χ2v) is 3.54. The molecule has 1 unspecified atom stereocenters. The Morgan fingerprint density at radius 2 is 2.47 bits per heavy atom. The number of imidazole rings is 1. The normalized spacial score (nSPS) is 13.0. The van der Waals surface area contributed by atoms with E-state index >= 15 is 0 Å². The van der Waals surface area contributed by atoms with Gasteiger partial charge < -0.3 is 14.7 Å². The van der Waals surface area contributed by atoms with Crippen molar-refractivity contribution in [2.75, 3.05) is 0 Å². The zero-order valence-electron chi connectivity index (χ0n) is 8.35. The second kappa shape index (κ2) is 4.08. The highest BCUT2D eigenvalue weighted by Gasteiger charge is 2.18. The van der Waals surface area contributed by atoms with Gasteiger partial charge in [-0.15, -0.1) is 0 Å². The van der Waals surface area contributed by atoms with Crippen molar-refractivity contribution in [1.29, 1.82) is 0 Å². The fraction of sp³-hybridized carbons (Fsp3) is 0.300. The third-order valence-electron chi connectivity index (χ3n) is 2.35. The summed E-state index contributed by atoms with van der Waals surface area (Å²) in [7, 11) is 0. The summed E-state index contributed by atoms with van der Waals surface area (Å²) >= 11 is 5.86. The molecule has 0 spiro atoms. The molecule has 2 N–H and O–H groups in total. The van der Waals surface area contributed by atoms with Crippen LogP contribution in [0.1, 0.15) is 24.4 Å². The zero-order chi connectivity index (χ0) is 10.8. The molecule has 4 nitrogen and oxygen atoms in total.